The van der Waals surface area contributed by atoms with Gasteiger partial charge in [0.1, 0.15) is 0 Å². The zero-order valence-corrected chi connectivity index (χ0v) is 13.1. The molecule has 0 aliphatic rings. The Hall–Kier alpha value is 0.420. The molecule has 0 saturated heterocycles. The number of hydrogen-bond acceptors (Lipinski definition) is 4. The summed E-state index contributed by atoms with van der Waals surface area (Å²) in [7, 11) is 6.37. The van der Waals surface area contributed by atoms with Gasteiger partial charge in [-0.15, -0.1) is 0 Å². The topological polar surface area (TPSA) is 22.1 Å². The maximum atomic E-state index is 4.66. The third-order valence-corrected chi connectivity index (χ3v) is 3.75. The van der Waals surface area contributed by atoms with Crippen molar-refractivity contribution >= 4 is 0 Å². The monoisotopic (exact) mass is 293 g/mol. The summed E-state index contributed by atoms with van der Waals surface area (Å²) in [6, 6.07) is 0. The minimum atomic E-state index is -0.285. The third-order valence-electron chi connectivity index (χ3n) is 3.09. The van der Waals surface area contributed by atoms with Gasteiger partial charge in [-0.05, 0) is 0 Å². The summed E-state index contributed by atoms with van der Waals surface area (Å²) in [6.45, 7) is 9.45. The van der Waals surface area contributed by atoms with Crippen LogP contribution in [0.25, 0.3) is 0 Å². The molecule has 89 valence electrons. The molecular weight excluding hydrogens is 269 g/mol. The van der Waals surface area contributed by atoms with Crippen LogP contribution in [0.15, 0.2) is 3.34 Å². The number of hydrogen-bond donors (Lipinski definition) is 0. The number of rotatable bonds is 7. The van der Waals surface area contributed by atoms with Crippen LogP contribution in [-0.4, -0.2) is 61.4 Å². The first-order chi connectivity index (χ1) is 7.00. The average Bonchev–Trinajstić information content (AvgIpc) is 2.29. The molecule has 5 heteroatoms. The van der Waals surface area contributed by atoms with Gasteiger partial charge in [0.05, 0.1) is 0 Å². The molecule has 0 aromatic rings. The molecule has 0 aliphatic carbocycles. The molecule has 0 unspecified atom stereocenters. The quantitative estimate of drug-likeness (QED) is 0.520. The van der Waals surface area contributed by atoms with Gasteiger partial charge in [-0.1, -0.05) is 0 Å². The van der Waals surface area contributed by atoms with E-state index in [0.29, 0.717) is 0 Å². The second kappa shape index (κ2) is 6.89. The van der Waals surface area contributed by atoms with Gasteiger partial charge in [-0.3, -0.25) is 0 Å². The van der Waals surface area contributed by atoms with E-state index >= 15 is 0 Å². The molecule has 0 bridgehead atoms. The molecule has 0 atom stereocenters. The predicted molar refractivity (Wildman–Crippen MR) is 60.1 cm³/mol. The van der Waals surface area contributed by atoms with E-state index in [9.17, 15) is 0 Å². The van der Waals surface area contributed by atoms with E-state index in [4.69, 9.17) is 0 Å². The van der Waals surface area contributed by atoms with Crippen molar-refractivity contribution in [1.82, 2.24) is 14.7 Å². The Morgan fingerprint density at radius 1 is 0.867 bits per heavy atom. The van der Waals surface area contributed by atoms with E-state index in [1.165, 1.54) is 20.9 Å². The molecule has 0 saturated carbocycles. The Morgan fingerprint density at radius 3 is 1.27 bits per heavy atom. The van der Waals surface area contributed by atoms with Crippen LogP contribution in [0.4, 0.5) is 0 Å². The van der Waals surface area contributed by atoms with Crippen LogP contribution >= 0.6 is 0 Å². The summed E-state index contributed by atoms with van der Waals surface area (Å²) >= 11 is 1.52. The Labute approximate surface area is 106 Å². The molecule has 0 heterocycles. The fraction of sp³-hybridized carbons (Fsp3) is 1.00. The van der Waals surface area contributed by atoms with Crippen LogP contribution in [0.1, 0.15) is 20.8 Å². The Bertz CT molecular complexity index is 171. The van der Waals surface area contributed by atoms with Crippen molar-refractivity contribution in [2.75, 3.05) is 40.8 Å². The van der Waals surface area contributed by atoms with Gasteiger partial charge >= 0.3 is 106 Å². The van der Waals surface area contributed by atoms with Crippen molar-refractivity contribution in [3.05, 3.63) is 0 Å². The van der Waals surface area contributed by atoms with Gasteiger partial charge in [0.15, 0.2) is 0 Å². The van der Waals surface area contributed by atoms with Crippen molar-refractivity contribution in [3.8, 4) is 0 Å². The summed E-state index contributed by atoms with van der Waals surface area (Å²) < 4.78 is 4.66. The van der Waals surface area contributed by atoms with Crippen molar-refractivity contribution in [2.24, 2.45) is 3.34 Å². The standard InChI is InChI=1S/C10H24N4.Nb/c1-7-12(4)10(11,13(5)8-2)14(6)9-3;/h7-9H2,1-6H3;. The van der Waals surface area contributed by atoms with Crippen molar-refractivity contribution in [1.29, 1.82) is 0 Å². The normalized spacial score (nSPS) is 12.8. The maximum absolute atomic E-state index is 4.66. The third kappa shape index (κ3) is 2.96. The second-order valence-corrected chi connectivity index (χ2v) is 4.23. The van der Waals surface area contributed by atoms with Gasteiger partial charge in [0.2, 0.25) is 0 Å². The fourth-order valence-electron chi connectivity index (χ4n) is 1.74. The van der Waals surface area contributed by atoms with Crippen LogP contribution in [0.2, 0.25) is 0 Å². The summed E-state index contributed by atoms with van der Waals surface area (Å²) in [5.74, 6) is -0.285. The molecule has 0 aliphatic heterocycles. The average molecular weight is 293 g/mol. The van der Waals surface area contributed by atoms with Gasteiger partial charge in [-0.25, -0.2) is 0 Å². The zero-order chi connectivity index (χ0) is 12.1. The van der Waals surface area contributed by atoms with E-state index in [1.807, 2.05) is 0 Å². The molecule has 0 rings (SSSR count). The first kappa shape index (κ1) is 15.4. The molecule has 0 spiro atoms. The van der Waals surface area contributed by atoms with Gasteiger partial charge in [0.25, 0.3) is 0 Å². The van der Waals surface area contributed by atoms with E-state index in [2.05, 4.69) is 60.0 Å². The van der Waals surface area contributed by atoms with Crippen molar-refractivity contribution in [3.63, 3.8) is 0 Å². The summed E-state index contributed by atoms with van der Waals surface area (Å²) in [5, 5.41) is 0. The molecule has 0 fully saturated rings. The SMILES string of the molecule is CCN(C)C([N]=[Nb])(N(C)CC)N(C)CC. The van der Waals surface area contributed by atoms with Crippen LogP contribution < -0.4 is 0 Å². The van der Waals surface area contributed by atoms with Crippen LogP contribution in [0.5, 0.6) is 0 Å². The van der Waals surface area contributed by atoms with Gasteiger partial charge in [-0.2, -0.15) is 0 Å². The Morgan fingerprint density at radius 2 is 1.13 bits per heavy atom. The first-order valence-electron chi connectivity index (χ1n) is 5.51. The Balaban J connectivity index is 5.18. The minimum absolute atomic E-state index is 0.285. The van der Waals surface area contributed by atoms with E-state index in [0.717, 1.165) is 19.6 Å². The zero-order valence-electron chi connectivity index (χ0n) is 10.9. The summed E-state index contributed by atoms with van der Waals surface area (Å²) in [6.07, 6.45) is 0. The predicted octanol–water partition coefficient (Wildman–Crippen LogP) is 1.18. The molecule has 0 N–H and O–H groups in total. The van der Waals surface area contributed by atoms with Crippen molar-refractivity contribution < 1.29 is 20.9 Å². The molecule has 4 nitrogen and oxygen atoms in total. The molecular formula is C10H24N4Nb. The Kier molecular flexibility index (Phi) is 7.08. The van der Waals surface area contributed by atoms with E-state index < -0.39 is 0 Å². The first-order valence-corrected chi connectivity index (χ1v) is 6.49. The second-order valence-electron chi connectivity index (χ2n) is 3.74. The molecule has 0 radical (unpaired) electrons. The van der Waals surface area contributed by atoms with Crippen LogP contribution in [0.3, 0.4) is 0 Å². The summed E-state index contributed by atoms with van der Waals surface area (Å²) in [4.78, 5) is 6.83. The van der Waals surface area contributed by atoms with Crippen LogP contribution in [-0.2, 0) is 20.9 Å². The van der Waals surface area contributed by atoms with Gasteiger partial charge < -0.3 is 0 Å². The molecule has 0 aromatic carbocycles. The van der Waals surface area contributed by atoms with Crippen LogP contribution in [0, 0.1) is 0 Å². The van der Waals surface area contributed by atoms with E-state index in [-0.39, 0.29) is 5.91 Å². The summed E-state index contributed by atoms with van der Waals surface area (Å²) in [5.41, 5.74) is 0. The molecule has 0 aromatic heterocycles. The molecule has 15 heavy (non-hydrogen) atoms. The van der Waals surface area contributed by atoms with Crippen molar-refractivity contribution in [2.45, 2.75) is 26.7 Å². The number of nitrogens with zero attached hydrogens (tertiary/aromatic N) is 4. The van der Waals surface area contributed by atoms with E-state index in [1.54, 1.807) is 0 Å². The molecule has 0 amide bonds. The van der Waals surface area contributed by atoms with Gasteiger partial charge in [0, 0.05) is 0 Å². The fourth-order valence-corrected chi connectivity index (χ4v) is 2.87.